The molecule has 53 heavy (non-hydrogen) atoms. The highest BCUT2D eigenvalue weighted by atomic mass is 19.1. The highest BCUT2D eigenvalue weighted by Gasteiger charge is 2.28. The van der Waals surface area contributed by atoms with Gasteiger partial charge in [0, 0.05) is 61.9 Å². The molecule has 2 amide bonds. The number of amides is 2. The molecule has 1 aliphatic rings. The molecule has 3 aromatic rings. The molecule has 1 aliphatic heterocycles. The number of rotatable bonds is 16. The first-order valence-electron chi connectivity index (χ1n) is 18.4. The van der Waals surface area contributed by atoms with E-state index in [1.807, 2.05) is 13.0 Å². The Kier molecular flexibility index (Phi) is 23.5. The van der Waals surface area contributed by atoms with Crippen LogP contribution in [0.15, 0.2) is 54.6 Å². The zero-order chi connectivity index (χ0) is 39.6. The second-order valence-electron chi connectivity index (χ2n) is 14.0. The number of alkyl carbamates (subject to hydrolysis) is 1. The number of aromatic nitrogens is 1. The first-order chi connectivity index (χ1) is 25.4. The first-order valence-corrected chi connectivity index (χ1v) is 18.4. The van der Waals surface area contributed by atoms with Crippen LogP contribution in [0.5, 0.6) is 0 Å². The average Bonchev–Trinajstić information content (AvgIpc) is 3.72. The summed E-state index contributed by atoms with van der Waals surface area (Å²) in [5.74, 6) is 0.771. The maximum absolute atomic E-state index is 12.8. The third-order valence-corrected chi connectivity index (χ3v) is 8.74. The summed E-state index contributed by atoms with van der Waals surface area (Å²) in [6.07, 6.45) is 6.76. The standard InChI is InChI=1S/C14H26FNO3.C12H17N.C10H8N2O2.C5H12O2/c1-5-11(10-17)7-6-8-12(9-15)16-13(18)19-14(2,3)4;1-10-12(8-9-13(10)2)11-6-4-3-5-7-11;13-5-9-4-7-3-8(11-6-14)1-2-10(7)12-9;1-6-4-3-5-7-2/h10-12H,5-9H2,1-4H3,(H,16,18);3-7,10,12H,8-9H2,1-2H3;1-6,12H,(H,11,14);3-5H2,1-2H3/t;10?,12-;;/m.0../s1. The van der Waals surface area contributed by atoms with Crippen LogP contribution in [0, 0.1) is 5.92 Å². The number of likely N-dealkylation sites (tertiary alicyclic amines) is 1. The SMILES string of the molecule is CC1[C@@H](c2ccccc2)CCN1C.CCC(C=O)CCCC(CF)NC(=O)OC(C)(C)C.COCCCOC.O=CNc1ccc2[nH]c(C=O)cc2c1. The number of carbonyl (C=O) groups excluding carboxylic acids is 4. The van der Waals surface area contributed by atoms with E-state index in [9.17, 15) is 23.6 Å². The fraction of sp³-hybridized carbons (Fsp3) is 0.561. The second kappa shape index (κ2) is 26.6. The van der Waals surface area contributed by atoms with Gasteiger partial charge in [0.25, 0.3) is 0 Å². The summed E-state index contributed by atoms with van der Waals surface area (Å²) in [5, 5.41) is 5.95. The molecule has 1 saturated heterocycles. The number of aldehydes is 2. The Morgan fingerprint density at radius 1 is 1.02 bits per heavy atom. The summed E-state index contributed by atoms with van der Waals surface area (Å²) < 4.78 is 27.4. The van der Waals surface area contributed by atoms with Gasteiger partial charge in [0.1, 0.15) is 18.6 Å². The van der Waals surface area contributed by atoms with E-state index in [1.165, 1.54) is 18.5 Å². The molecule has 296 valence electrons. The van der Waals surface area contributed by atoms with E-state index in [2.05, 4.69) is 64.8 Å². The number of hydrogen-bond acceptors (Lipinski definition) is 8. The Bertz CT molecular complexity index is 1440. The van der Waals surface area contributed by atoms with Crippen molar-refractivity contribution in [1.82, 2.24) is 15.2 Å². The second-order valence-corrected chi connectivity index (χ2v) is 14.0. The maximum atomic E-state index is 12.8. The summed E-state index contributed by atoms with van der Waals surface area (Å²) >= 11 is 0. The molecule has 11 nitrogen and oxygen atoms in total. The van der Waals surface area contributed by atoms with E-state index < -0.39 is 24.4 Å². The molecule has 3 N–H and O–H groups in total. The number of hydrogen-bond donors (Lipinski definition) is 3. The molecular formula is C41H63FN4O7. The number of halogens is 1. The molecule has 12 heteroatoms. The van der Waals surface area contributed by atoms with Crippen molar-refractivity contribution in [3.05, 3.63) is 65.9 Å². The molecule has 0 spiro atoms. The molecule has 0 saturated carbocycles. The van der Waals surface area contributed by atoms with Crippen molar-refractivity contribution >= 4 is 41.7 Å². The summed E-state index contributed by atoms with van der Waals surface area (Å²) in [6, 6.07) is 18.1. The van der Waals surface area contributed by atoms with Crippen molar-refractivity contribution in [2.45, 2.75) is 96.7 Å². The van der Waals surface area contributed by atoms with Gasteiger partial charge in [-0.05, 0) is 103 Å². The Hall–Kier alpha value is -4.13. The van der Waals surface area contributed by atoms with Gasteiger partial charge in [0.05, 0.1) is 11.7 Å². The maximum Gasteiger partial charge on any atom is 0.407 e. The van der Waals surface area contributed by atoms with Gasteiger partial charge in [-0.15, -0.1) is 0 Å². The molecule has 2 heterocycles. The number of fused-ring (bicyclic) bond motifs is 1. The number of methoxy groups -OCH3 is 2. The first kappa shape index (κ1) is 46.9. The van der Waals surface area contributed by atoms with Crippen LogP contribution < -0.4 is 10.6 Å². The minimum atomic E-state index is -0.628. The number of H-pyrrole nitrogens is 1. The monoisotopic (exact) mass is 742 g/mol. The van der Waals surface area contributed by atoms with Crippen molar-refractivity contribution in [1.29, 1.82) is 0 Å². The van der Waals surface area contributed by atoms with Gasteiger partial charge < -0.3 is 39.5 Å². The van der Waals surface area contributed by atoms with Crippen LogP contribution in [0.1, 0.15) is 95.1 Å². The van der Waals surface area contributed by atoms with Gasteiger partial charge in [-0.2, -0.15) is 0 Å². The smallest absolute Gasteiger partial charge is 0.407 e. The lowest BCUT2D eigenvalue weighted by atomic mass is 9.93. The third-order valence-electron chi connectivity index (χ3n) is 8.74. The number of carbonyl (C=O) groups is 4. The van der Waals surface area contributed by atoms with Crippen molar-refractivity contribution in [3.8, 4) is 0 Å². The Morgan fingerprint density at radius 3 is 2.21 bits per heavy atom. The average molecular weight is 743 g/mol. The van der Waals surface area contributed by atoms with E-state index in [-0.39, 0.29) is 5.92 Å². The topological polar surface area (TPSA) is 139 Å². The number of alkyl halides is 1. The molecule has 1 aromatic heterocycles. The Balaban J connectivity index is 0.000000370. The van der Waals surface area contributed by atoms with Crippen LogP contribution in [0.25, 0.3) is 10.9 Å². The normalized spacial score (nSPS) is 16.3. The van der Waals surface area contributed by atoms with Crippen LogP contribution in [0.4, 0.5) is 14.9 Å². The summed E-state index contributed by atoms with van der Waals surface area (Å²) in [6.45, 7) is 11.8. The van der Waals surface area contributed by atoms with Gasteiger partial charge in [-0.1, -0.05) is 43.7 Å². The predicted octanol–water partition coefficient (Wildman–Crippen LogP) is 7.96. The zero-order valence-electron chi connectivity index (χ0n) is 33.0. The third kappa shape index (κ3) is 19.5. The summed E-state index contributed by atoms with van der Waals surface area (Å²) in [7, 11) is 5.60. The van der Waals surface area contributed by atoms with Crippen LogP contribution in [-0.2, 0) is 23.8 Å². The molecule has 0 bridgehead atoms. The van der Waals surface area contributed by atoms with Crippen molar-refractivity contribution in [2.24, 2.45) is 5.92 Å². The van der Waals surface area contributed by atoms with Crippen LogP contribution >= 0.6 is 0 Å². The van der Waals surface area contributed by atoms with E-state index in [1.54, 1.807) is 53.2 Å². The van der Waals surface area contributed by atoms with Crippen molar-refractivity contribution in [2.75, 3.05) is 53.0 Å². The van der Waals surface area contributed by atoms with Gasteiger partial charge in [0.2, 0.25) is 6.41 Å². The number of nitrogens with one attached hydrogen (secondary N) is 3. The number of likely N-dealkylation sites (N-methyl/N-ethyl adjacent to an activating group) is 1. The Morgan fingerprint density at radius 2 is 1.70 bits per heavy atom. The van der Waals surface area contributed by atoms with Gasteiger partial charge in [0.15, 0.2) is 6.29 Å². The number of ether oxygens (including phenoxy) is 3. The van der Waals surface area contributed by atoms with Crippen LogP contribution in [0.2, 0.25) is 0 Å². The lowest BCUT2D eigenvalue weighted by Crippen LogP contribution is -2.40. The number of aromatic amines is 1. The summed E-state index contributed by atoms with van der Waals surface area (Å²) in [4.78, 5) is 48.2. The van der Waals surface area contributed by atoms with Gasteiger partial charge in [-0.25, -0.2) is 9.18 Å². The predicted molar refractivity (Wildman–Crippen MR) is 210 cm³/mol. The fourth-order valence-electron chi connectivity index (χ4n) is 5.62. The molecule has 2 aromatic carbocycles. The molecule has 3 unspecified atom stereocenters. The van der Waals surface area contributed by atoms with Crippen LogP contribution in [-0.4, -0.2) is 100 Å². The molecule has 0 radical (unpaired) electrons. The van der Waals surface area contributed by atoms with E-state index in [0.29, 0.717) is 36.7 Å². The fourth-order valence-corrected chi connectivity index (χ4v) is 5.62. The van der Waals surface area contributed by atoms with E-state index in [0.717, 1.165) is 61.9 Å². The highest BCUT2D eigenvalue weighted by Crippen LogP contribution is 2.31. The quantitative estimate of drug-likeness (QED) is 0.0993. The van der Waals surface area contributed by atoms with E-state index >= 15 is 0 Å². The Labute approximate surface area is 315 Å². The van der Waals surface area contributed by atoms with Gasteiger partial charge >= 0.3 is 6.09 Å². The highest BCUT2D eigenvalue weighted by molar-refractivity contribution is 5.91. The van der Waals surface area contributed by atoms with E-state index in [4.69, 9.17) is 14.2 Å². The zero-order valence-corrected chi connectivity index (χ0v) is 33.0. The lowest BCUT2D eigenvalue weighted by Gasteiger charge is -2.22. The minimum Gasteiger partial charge on any atom is -0.444 e. The molecule has 1 fully saturated rings. The molecule has 0 aliphatic carbocycles. The largest absolute Gasteiger partial charge is 0.444 e. The van der Waals surface area contributed by atoms with Crippen molar-refractivity contribution in [3.63, 3.8) is 0 Å². The summed E-state index contributed by atoms with van der Waals surface area (Å²) in [5.41, 5.74) is 3.03. The lowest BCUT2D eigenvalue weighted by molar-refractivity contribution is -0.111. The number of anilines is 1. The van der Waals surface area contributed by atoms with Crippen LogP contribution in [0.3, 0.4) is 0 Å². The molecule has 4 atom stereocenters. The number of benzene rings is 2. The number of nitrogens with zero attached hydrogens (tertiary/aromatic N) is 1. The minimum absolute atomic E-state index is 0.0294. The molecule has 4 rings (SSSR count). The molecular weight excluding hydrogens is 679 g/mol. The van der Waals surface area contributed by atoms with Gasteiger partial charge in [-0.3, -0.25) is 9.59 Å². The van der Waals surface area contributed by atoms with Crippen molar-refractivity contribution < 1.29 is 37.8 Å².